The average molecular weight is 272 g/mol. The second kappa shape index (κ2) is 4.75. The third kappa shape index (κ3) is 3.12. The van der Waals surface area contributed by atoms with E-state index in [2.05, 4.69) is 15.5 Å². The van der Waals surface area contributed by atoms with Gasteiger partial charge >= 0.3 is 6.18 Å². The highest BCUT2D eigenvalue weighted by Crippen LogP contribution is 2.26. The zero-order valence-electron chi connectivity index (χ0n) is 9.72. The van der Waals surface area contributed by atoms with Crippen LogP contribution in [0.5, 0.6) is 0 Å². The number of aryl methyl sites for hydroxylation is 1. The zero-order valence-corrected chi connectivity index (χ0v) is 9.72. The van der Waals surface area contributed by atoms with E-state index in [9.17, 15) is 13.2 Å². The number of alkyl halides is 3. The quantitative estimate of drug-likeness (QED) is 0.824. The van der Waals surface area contributed by atoms with Gasteiger partial charge in [0.2, 0.25) is 0 Å². The molecule has 0 saturated carbocycles. The number of hydrogen-bond acceptors (Lipinski definition) is 5. The molecule has 0 aliphatic heterocycles. The molecule has 1 heterocycles. The third-order valence-corrected chi connectivity index (χ3v) is 2.46. The van der Waals surface area contributed by atoms with Gasteiger partial charge in [0.25, 0.3) is 0 Å². The molecule has 2 rings (SSSR count). The van der Waals surface area contributed by atoms with Gasteiger partial charge in [0.1, 0.15) is 0 Å². The predicted molar refractivity (Wildman–Crippen MR) is 62.7 cm³/mol. The third-order valence-electron chi connectivity index (χ3n) is 2.46. The topological polar surface area (TPSA) is 95.6 Å². The van der Waals surface area contributed by atoms with Crippen molar-refractivity contribution in [3.05, 3.63) is 18.2 Å². The van der Waals surface area contributed by atoms with E-state index in [-0.39, 0.29) is 12.4 Å². The number of benzene rings is 1. The van der Waals surface area contributed by atoms with Gasteiger partial charge in [-0.2, -0.15) is 13.2 Å². The predicted octanol–water partition coefficient (Wildman–Crippen LogP) is 1.46. The Labute approximate surface area is 106 Å². The lowest BCUT2D eigenvalue weighted by Crippen LogP contribution is -2.14. The Morgan fingerprint density at radius 1 is 1.21 bits per heavy atom. The summed E-state index contributed by atoms with van der Waals surface area (Å²) in [5, 5.41) is 10.6. The van der Waals surface area contributed by atoms with Gasteiger partial charge in [0, 0.05) is 16.9 Å². The number of anilines is 2. The van der Waals surface area contributed by atoms with Crippen LogP contribution < -0.4 is 11.5 Å². The molecule has 0 fully saturated rings. The normalized spacial score (nSPS) is 11.7. The Morgan fingerprint density at radius 3 is 2.58 bits per heavy atom. The summed E-state index contributed by atoms with van der Waals surface area (Å²) in [7, 11) is 0. The van der Waals surface area contributed by atoms with Crippen molar-refractivity contribution in [1.82, 2.24) is 20.2 Å². The molecule has 4 N–H and O–H groups in total. The Morgan fingerprint density at radius 2 is 1.95 bits per heavy atom. The highest BCUT2D eigenvalue weighted by Gasteiger charge is 2.27. The van der Waals surface area contributed by atoms with Gasteiger partial charge in [0.05, 0.1) is 13.0 Å². The van der Waals surface area contributed by atoms with Gasteiger partial charge in [-0.25, -0.2) is 4.68 Å². The smallest absolute Gasteiger partial charge is 0.390 e. The highest BCUT2D eigenvalue weighted by atomic mass is 19.4. The van der Waals surface area contributed by atoms with Crippen LogP contribution in [0.4, 0.5) is 24.5 Å². The molecule has 1 aromatic carbocycles. The molecular formula is C10H11F3N6. The SMILES string of the molecule is Nc1ccc(-c2nnnn2CCC(F)(F)F)c(N)c1. The first kappa shape index (κ1) is 13.1. The lowest BCUT2D eigenvalue weighted by molar-refractivity contribution is -0.137. The number of tetrazole rings is 1. The molecule has 2 aromatic rings. The maximum Gasteiger partial charge on any atom is 0.390 e. The number of hydrogen-bond donors (Lipinski definition) is 2. The van der Waals surface area contributed by atoms with Crippen molar-refractivity contribution in [1.29, 1.82) is 0 Å². The minimum atomic E-state index is -4.27. The van der Waals surface area contributed by atoms with Gasteiger partial charge in [0.15, 0.2) is 5.82 Å². The van der Waals surface area contributed by atoms with E-state index < -0.39 is 12.6 Å². The Bertz CT molecular complexity index is 577. The summed E-state index contributed by atoms with van der Waals surface area (Å²) in [5.41, 5.74) is 12.5. The molecule has 0 spiro atoms. The van der Waals surface area contributed by atoms with Crippen LogP contribution in [-0.4, -0.2) is 26.4 Å². The van der Waals surface area contributed by atoms with Crippen molar-refractivity contribution in [3.8, 4) is 11.4 Å². The molecule has 0 unspecified atom stereocenters. The molecule has 0 bridgehead atoms. The van der Waals surface area contributed by atoms with E-state index in [1.165, 1.54) is 6.07 Å². The van der Waals surface area contributed by atoms with Crippen molar-refractivity contribution < 1.29 is 13.2 Å². The first-order valence-corrected chi connectivity index (χ1v) is 5.35. The summed E-state index contributed by atoms with van der Waals surface area (Å²) >= 11 is 0. The van der Waals surface area contributed by atoms with Crippen LogP contribution in [0.1, 0.15) is 6.42 Å². The van der Waals surface area contributed by atoms with Crippen molar-refractivity contribution >= 4 is 11.4 Å². The van der Waals surface area contributed by atoms with E-state index in [0.717, 1.165) is 4.68 Å². The average Bonchev–Trinajstić information content (AvgIpc) is 2.73. The molecule has 9 heteroatoms. The standard InChI is InChI=1S/C10H11F3N6/c11-10(12,13)3-4-19-9(16-17-18-19)7-2-1-6(14)5-8(7)15/h1-2,5H,3-4,14-15H2. The second-order valence-electron chi connectivity index (χ2n) is 3.94. The second-order valence-corrected chi connectivity index (χ2v) is 3.94. The molecular weight excluding hydrogens is 261 g/mol. The van der Waals surface area contributed by atoms with E-state index in [1.54, 1.807) is 12.1 Å². The number of nitrogens with two attached hydrogens (primary N) is 2. The van der Waals surface area contributed by atoms with Crippen molar-refractivity contribution in [2.75, 3.05) is 11.5 Å². The molecule has 102 valence electrons. The summed E-state index contributed by atoms with van der Waals surface area (Å²) in [6.07, 6.45) is -5.28. The van der Waals surface area contributed by atoms with Gasteiger partial charge < -0.3 is 11.5 Å². The van der Waals surface area contributed by atoms with E-state index in [1.807, 2.05) is 0 Å². The lowest BCUT2D eigenvalue weighted by Gasteiger charge is -2.09. The molecule has 19 heavy (non-hydrogen) atoms. The number of aromatic nitrogens is 4. The maximum atomic E-state index is 12.2. The van der Waals surface area contributed by atoms with Gasteiger partial charge in [-0.15, -0.1) is 5.10 Å². The maximum absolute atomic E-state index is 12.2. The van der Waals surface area contributed by atoms with E-state index in [0.29, 0.717) is 16.9 Å². The van der Waals surface area contributed by atoms with Crippen LogP contribution >= 0.6 is 0 Å². The van der Waals surface area contributed by atoms with Crippen molar-refractivity contribution in [2.24, 2.45) is 0 Å². The minimum absolute atomic E-state index is 0.182. The van der Waals surface area contributed by atoms with Crippen molar-refractivity contribution in [3.63, 3.8) is 0 Å². The number of halogens is 3. The van der Waals surface area contributed by atoms with Crippen LogP contribution in [0.2, 0.25) is 0 Å². The largest absolute Gasteiger partial charge is 0.399 e. The lowest BCUT2D eigenvalue weighted by atomic mass is 10.1. The van der Waals surface area contributed by atoms with Crippen LogP contribution in [0.15, 0.2) is 18.2 Å². The number of nitrogen functional groups attached to an aromatic ring is 2. The molecule has 0 radical (unpaired) electrons. The van der Waals surface area contributed by atoms with Crippen molar-refractivity contribution in [2.45, 2.75) is 19.1 Å². The summed E-state index contributed by atoms with van der Waals surface area (Å²) < 4.78 is 37.6. The molecule has 0 saturated heterocycles. The van der Waals surface area contributed by atoms with Gasteiger partial charge in [-0.3, -0.25) is 0 Å². The molecule has 0 aliphatic carbocycles. The summed E-state index contributed by atoms with van der Waals surface area (Å²) in [5.74, 6) is 0.182. The fourth-order valence-corrected chi connectivity index (χ4v) is 1.57. The van der Waals surface area contributed by atoms with E-state index >= 15 is 0 Å². The van der Waals surface area contributed by atoms with Crippen LogP contribution in [0.3, 0.4) is 0 Å². The number of rotatable bonds is 3. The molecule has 0 atom stereocenters. The van der Waals surface area contributed by atoms with Crippen LogP contribution in [0.25, 0.3) is 11.4 Å². The molecule has 0 amide bonds. The first-order valence-electron chi connectivity index (χ1n) is 5.35. The van der Waals surface area contributed by atoms with E-state index in [4.69, 9.17) is 11.5 Å². The molecule has 0 aliphatic rings. The molecule has 1 aromatic heterocycles. The Kier molecular flexibility index (Phi) is 3.28. The Hall–Kier alpha value is -2.32. The van der Waals surface area contributed by atoms with Crippen LogP contribution in [-0.2, 0) is 6.54 Å². The van der Waals surface area contributed by atoms with Gasteiger partial charge in [-0.05, 0) is 28.6 Å². The van der Waals surface area contributed by atoms with Gasteiger partial charge in [-0.1, -0.05) is 0 Å². The summed E-state index contributed by atoms with van der Waals surface area (Å²) in [6, 6.07) is 4.65. The fraction of sp³-hybridized carbons (Fsp3) is 0.300. The summed E-state index contributed by atoms with van der Waals surface area (Å²) in [6.45, 7) is -0.365. The monoisotopic (exact) mass is 272 g/mol. The number of nitrogens with zero attached hydrogens (tertiary/aromatic N) is 4. The van der Waals surface area contributed by atoms with Crippen LogP contribution in [0, 0.1) is 0 Å². The Balaban J connectivity index is 2.28. The summed E-state index contributed by atoms with van der Waals surface area (Å²) in [4.78, 5) is 0. The minimum Gasteiger partial charge on any atom is -0.399 e. The molecule has 6 nitrogen and oxygen atoms in total. The first-order chi connectivity index (χ1) is 8.87. The highest BCUT2D eigenvalue weighted by molar-refractivity contribution is 5.74. The zero-order chi connectivity index (χ0) is 14.0. The fourth-order valence-electron chi connectivity index (χ4n) is 1.57.